The highest BCUT2D eigenvalue weighted by molar-refractivity contribution is 5.81. The molecule has 0 amide bonds. The number of nitrogens with two attached hydrogens (primary N) is 1. The number of aliphatic hydroxyl groups is 1. The molecule has 0 unspecified atom stereocenters. The van der Waals surface area contributed by atoms with Crippen molar-refractivity contribution in [3.8, 4) is 11.8 Å². The Labute approximate surface area is 111 Å². The van der Waals surface area contributed by atoms with Crippen molar-refractivity contribution in [3.63, 3.8) is 0 Å². The van der Waals surface area contributed by atoms with E-state index in [1.54, 1.807) is 6.33 Å². The number of hydrogen-bond donors (Lipinski definition) is 2. The minimum atomic E-state index is 0.201. The van der Waals surface area contributed by atoms with E-state index in [9.17, 15) is 0 Å². The molecule has 3 N–H and O–H groups in total. The van der Waals surface area contributed by atoms with E-state index in [0.29, 0.717) is 17.2 Å². The van der Waals surface area contributed by atoms with Crippen LogP contribution in [0.25, 0.3) is 11.2 Å². The second kappa shape index (κ2) is 6.16. The summed E-state index contributed by atoms with van der Waals surface area (Å²) < 4.78 is 1.91. The van der Waals surface area contributed by atoms with Gasteiger partial charge in [-0.1, -0.05) is 5.92 Å². The molecule has 100 valence electrons. The maximum absolute atomic E-state index is 8.67. The summed E-state index contributed by atoms with van der Waals surface area (Å²) in [5.41, 5.74) is 7.18. The number of nitrogens with zero attached hydrogens (tertiary/aromatic N) is 4. The van der Waals surface area contributed by atoms with Crippen molar-refractivity contribution < 1.29 is 5.11 Å². The third kappa shape index (κ3) is 3.01. The molecule has 2 aromatic heterocycles. The molecule has 6 nitrogen and oxygen atoms in total. The molecule has 0 atom stereocenters. The van der Waals surface area contributed by atoms with E-state index in [2.05, 4.69) is 26.8 Å². The Morgan fingerprint density at radius 3 is 2.95 bits per heavy atom. The zero-order chi connectivity index (χ0) is 13.7. The highest BCUT2D eigenvalue weighted by atomic mass is 16.2. The Hall–Kier alpha value is -2.13. The van der Waals surface area contributed by atoms with Crippen LogP contribution in [0.3, 0.4) is 0 Å². The Bertz CT molecular complexity index is 623. The molecule has 0 aliphatic heterocycles. The van der Waals surface area contributed by atoms with Gasteiger partial charge in [0.15, 0.2) is 11.5 Å². The summed E-state index contributed by atoms with van der Waals surface area (Å²) in [7, 11) is 0. The van der Waals surface area contributed by atoms with Gasteiger partial charge < -0.3 is 15.4 Å². The van der Waals surface area contributed by atoms with Crippen LogP contribution in [0.5, 0.6) is 0 Å². The van der Waals surface area contributed by atoms with Crippen molar-refractivity contribution in [2.45, 2.75) is 32.7 Å². The summed E-state index contributed by atoms with van der Waals surface area (Å²) >= 11 is 0. The molecule has 0 bridgehead atoms. The van der Waals surface area contributed by atoms with Crippen molar-refractivity contribution in [1.29, 1.82) is 0 Å². The lowest BCUT2D eigenvalue weighted by Gasteiger charge is -1.99. The first-order valence-electron chi connectivity index (χ1n) is 6.34. The molecule has 0 spiro atoms. The predicted molar refractivity (Wildman–Crippen MR) is 73.2 cm³/mol. The number of hydrogen-bond acceptors (Lipinski definition) is 5. The maximum Gasteiger partial charge on any atom is 0.208 e. The summed E-state index contributed by atoms with van der Waals surface area (Å²) in [4.78, 5) is 12.7. The second-order valence-corrected chi connectivity index (χ2v) is 4.12. The number of unbranched alkanes of at least 4 members (excludes halogenated alkanes) is 2. The highest BCUT2D eigenvalue weighted by Crippen LogP contribution is 2.15. The molecular formula is C13H17N5O. The Morgan fingerprint density at radius 1 is 1.37 bits per heavy atom. The zero-order valence-corrected chi connectivity index (χ0v) is 10.9. The van der Waals surface area contributed by atoms with Gasteiger partial charge in [0.1, 0.15) is 5.52 Å². The fourth-order valence-corrected chi connectivity index (χ4v) is 1.72. The van der Waals surface area contributed by atoms with E-state index in [-0.39, 0.29) is 6.61 Å². The van der Waals surface area contributed by atoms with Crippen molar-refractivity contribution >= 4 is 17.0 Å². The lowest BCUT2D eigenvalue weighted by atomic mass is 10.2. The van der Waals surface area contributed by atoms with Crippen molar-refractivity contribution in [2.75, 3.05) is 12.3 Å². The molecule has 0 aliphatic carbocycles. The first-order valence-corrected chi connectivity index (χ1v) is 6.34. The first kappa shape index (κ1) is 13.3. The summed E-state index contributed by atoms with van der Waals surface area (Å²) in [5.74, 6) is 6.67. The lowest BCUT2D eigenvalue weighted by Crippen LogP contribution is -2.01. The quantitative estimate of drug-likeness (QED) is 0.630. The number of nitrogen functional groups attached to an aromatic ring is 1. The fraction of sp³-hybridized carbons (Fsp3) is 0.462. The molecule has 0 fully saturated rings. The Kier molecular flexibility index (Phi) is 4.31. The molecule has 0 aromatic carbocycles. The number of anilines is 1. The number of imidazole rings is 1. The largest absolute Gasteiger partial charge is 0.396 e. The van der Waals surface area contributed by atoms with E-state index < -0.39 is 0 Å². The molecule has 0 saturated heterocycles. The van der Waals surface area contributed by atoms with Crippen LogP contribution in [-0.2, 0) is 6.54 Å². The summed E-state index contributed by atoms with van der Waals surface area (Å²) in [5, 5.41) is 8.67. The van der Waals surface area contributed by atoms with Gasteiger partial charge in [-0.05, 0) is 25.7 Å². The third-order valence-electron chi connectivity index (χ3n) is 2.74. The van der Waals surface area contributed by atoms with E-state index in [0.717, 1.165) is 31.5 Å². The summed E-state index contributed by atoms with van der Waals surface area (Å²) in [6, 6.07) is 0. The number of rotatable bonds is 4. The van der Waals surface area contributed by atoms with Crippen LogP contribution >= 0.6 is 0 Å². The van der Waals surface area contributed by atoms with E-state index in [4.69, 9.17) is 10.8 Å². The van der Waals surface area contributed by atoms with E-state index in [1.807, 2.05) is 11.5 Å². The third-order valence-corrected chi connectivity index (χ3v) is 2.74. The molecular weight excluding hydrogens is 242 g/mol. The van der Waals surface area contributed by atoms with Gasteiger partial charge >= 0.3 is 0 Å². The maximum atomic E-state index is 8.67. The average Bonchev–Trinajstić information content (AvgIpc) is 2.82. The van der Waals surface area contributed by atoms with Gasteiger partial charge in [-0.15, -0.1) is 0 Å². The molecule has 2 rings (SSSR count). The highest BCUT2D eigenvalue weighted by Gasteiger charge is 2.08. The van der Waals surface area contributed by atoms with Gasteiger partial charge in [-0.2, -0.15) is 0 Å². The van der Waals surface area contributed by atoms with Crippen LogP contribution in [-0.4, -0.2) is 31.2 Å². The summed E-state index contributed by atoms with van der Waals surface area (Å²) in [6.07, 6.45) is 4.05. The van der Waals surface area contributed by atoms with Gasteiger partial charge in [-0.3, -0.25) is 0 Å². The molecule has 6 heteroatoms. The molecule has 0 saturated carbocycles. The summed E-state index contributed by atoms with van der Waals surface area (Å²) in [6.45, 7) is 2.99. The van der Waals surface area contributed by atoms with E-state index in [1.165, 1.54) is 0 Å². The molecule has 0 aliphatic rings. The van der Waals surface area contributed by atoms with Crippen LogP contribution in [0.15, 0.2) is 6.33 Å². The Morgan fingerprint density at radius 2 is 2.21 bits per heavy atom. The molecule has 2 aromatic rings. The van der Waals surface area contributed by atoms with Crippen molar-refractivity contribution in [2.24, 2.45) is 0 Å². The van der Waals surface area contributed by atoms with Crippen molar-refractivity contribution in [1.82, 2.24) is 19.5 Å². The fourth-order valence-electron chi connectivity index (χ4n) is 1.72. The van der Waals surface area contributed by atoms with Gasteiger partial charge in [0.25, 0.3) is 0 Å². The number of aliphatic hydroxyl groups excluding tert-OH is 1. The molecule has 0 radical (unpaired) electrons. The molecule has 19 heavy (non-hydrogen) atoms. The standard InChI is InChI=1S/C13H17N5O/c1-2-18-9-15-11-12(14)16-10(17-13(11)18)7-5-3-4-6-8-19/h9,19H,2-4,6,8H2,1H3,(H2,14,16,17). The van der Waals surface area contributed by atoms with Gasteiger partial charge in [-0.25, -0.2) is 15.0 Å². The number of aryl methyl sites for hydroxylation is 1. The van der Waals surface area contributed by atoms with Crippen LogP contribution in [0.1, 0.15) is 32.0 Å². The van der Waals surface area contributed by atoms with E-state index >= 15 is 0 Å². The number of fused-ring (bicyclic) bond motifs is 1. The van der Waals surface area contributed by atoms with Crippen LogP contribution in [0.4, 0.5) is 5.82 Å². The first-order chi connectivity index (χ1) is 9.26. The van der Waals surface area contributed by atoms with Gasteiger partial charge in [0, 0.05) is 19.6 Å². The van der Waals surface area contributed by atoms with Crippen molar-refractivity contribution in [3.05, 3.63) is 12.2 Å². The second-order valence-electron chi connectivity index (χ2n) is 4.12. The lowest BCUT2D eigenvalue weighted by molar-refractivity contribution is 0.285. The van der Waals surface area contributed by atoms with Gasteiger partial charge in [0.05, 0.1) is 6.33 Å². The minimum absolute atomic E-state index is 0.201. The smallest absolute Gasteiger partial charge is 0.208 e. The normalized spacial score (nSPS) is 10.4. The molecule has 2 heterocycles. The SMILES string of the molecule is CCn1cnc2c(N)nc(C#CCCCCO)nc21. The van der Waals surface area contributed by atoms with Crippen LogP contribution in [0, 0.1) is 11.8 Å². The number of aromatic nitrogens is 4. The Balaban J connectivity index is 2.24. The van der Waals surface area contributed by atoms with Gasteiger partial charge in [0.2, 0.25) is 5.82 Å². The van der Waals surface area contributed by atoms with Crippen LogP contribution < -0.4 is 5.73 Å². The van der Waals surface area contributed by atoms with Crippen LogP contribution in [0.2, 0.25) is 0 Å². The average molecular weight is 259 g/mol. The predicted octanol–water partition coefficient (Wildman–Crippen LogP) is 0.942. The zero-order valence-electron chi connectivity index (χ0n) is 10.9. The minimum Gasteiger partial charge on any atom is -0.396 e. The topological polar surface area (TPSA) is 89.9 Å². The monoisotopic (exact) mass is 259 g/mol.